The van der Waals surface area contributed by atoms with Gasteiger partial charge in [0.15, 0.2) is 5.67 Å². The number of alkyl halides is 3. The molecule has 10 nitrogen and oxygen atoms in total. The first-order chi connectivity index (χ1) is 17.7. The molecular weight excluding hydrogens is 524 g/mol. The lowest BCUT2D eigenvalue weighted by atomic mass is 9.95. The van der Waals surface area contributed by atoms with Gasteiger partial charge in [-0.15, -0.1) is 0 Å². The van der Waals surface area contributed by atoms with E-state index in [4.69, 9.17) is 11.6 Å². The Balaban J connectivity index is 1.55. The van der Waals surface area contributed by atoms with E-state index in [1.165, 1.54) is 4.90 Å². The van der Waals surface area contributed by atoms with Gasteiger partial charge in [0.2, 0.25) is 11.8 Å². The Bertz CT molecular complexity index is 1020. The van der Waals surface area contributed by atoms with E-state index in [9.17, 15) is 32.8 Å². The molecule has 212 valence electrons. The summed E-state index contributed by atoms with van der Waals surface area (Å²) in [5, 5.41) is 5.91. The molecule has 2 aliphatic heterocycles. The fraction of sp³-hybridized carbons (Fsp3) is 0.800. The number of hydrogen-bond acceptors (Lipinski definition) is 5. The molecule has 2 heterocycles. The summed E-state index contributed by atoms with van der Waals surface area (Å²) in [4.78, 5) is 65.8. The smallest absolute Gasteiger partial charge is 0.291 e. The van der Waals surface area contributed by atoms with Crippen molar-refractivity contribution in [2.75, 3.05) is 19.6 Å². The first-order valence-electron chi connectivity index (χ1n) is 13.2. The predicted octanol–water partition coefficient (Wildman–Crippen LogP) is 1.03. The Morgan fingerprint density at radius 2 is 1.92 bits per heavy atom. The third-order valence-electron chi connectivity index (χ3n) is 8.89. The van der Waals surface area contributed by atoms with Crippen LogP contribution in [0.4, 0.5) is 8.78 Å². The van der Waals surface area contributed by atoms with Crippen molar-refractivity contribution in [1.82, 2.24) is 26.0 Å². The highest BCUT2D eigenvalue weighted by Crippen LogP contribution is 2.65. The maximum absolute atomic E-state index is 14.4. The molecule has 0 aromatic heterocycles. The number of piperidine rings is 1. The van der Waals surface area contributed by atoms with Gasteiger partial charge in [0, 0.05) is 13.1 Å². The molecule has 2 saturated heterocycles. The fourth-order valence-corrected chi connectivity index (χ4v) is 5.95. The number of fused-ring (bicyclic) bond motifs is 1. The minimum Gasteiger partial charge on any atom is -0.356 e. The second kappa shape index (κ2) is 10.2. The molecule has 13 heteroatoms. The molecule has 3 N–H and O–H groups in total. The van der Waals surface area contributed by atoms with E-state index >= 15 is 0 Å². The van der Waals surface area contributed by atoms with E-state index in [2.05, 4.69) is 16.1 Å². The number of rotatable bonds is 9. The molecule has 4 fully saturated rings. The predicted molar refractivity (Wildman–Crippen MR) is 132 cm³/mol. The SMILES string of the molecule is CC[C@@H](C)[C@H](NC(=O)C1(F)CC1)C(=O)N1C[C@H]2[C@@H]([C@H]1C(=O)NN(C[C@@H]1CCNC1=O)C(=O)[C@H](F)Cl)C2(C)C. The van der Waals surface area contributed by atoms with Crippen molar-refractivity contribution in [3.05, 3.63) is 0 Å². The highest BCUT2D eigenvalue weighted by atomic mass is 35.5. The van der Waals surface area contributed by atoms with Gasteiger partial charge < -0.3 is 15.5 Å². The van der Waals surface area contributed by atoms with Gasteiger partial charge in [-0.3, -0.25) is 29.4 Å². The molecule has 4 aliphatic rings. The minimum atomic E-state index is -2.44. The summed E-state index contributed by atoms with van der Waals surface area (Å²) < 4.78 is 28.2. The molecule has 0 spiro atoms. The zero-order valence-corrected chi connectivity index (χ0v) is 22.8. The minimum absolute atomic E-state index is 0.00172. The molecule has 38 heavy (non-hydrogen) atoms. The van der Waals surface area contributed by atoms with E-state index in [-0.39, 0.29) is 55.0 Å². The maximum Gasteiger partial charge on any atom is 0.291 e. The van der Waals surface area contributed by atoms with Crippen molar-refractivity contribution in [3.63, 3.8) is 0 Å². The first kappa shape index (κ1) is 28.5. The number of nitrogens with one attached hydrogen (secondary N) is 3. The van der Waals surface area contributed by atoms with Crippen molar-refractivity contribution in [3.8, 4) is 0 Å². The van der Waals surface area contributed by atoms with Gasteiger partial charge >= 0.3 is 0 Å². The summed E-state index contributed by atoms with van der Waals surface area (Å²) in [5.74, 6) is -4.80. The Labute approximate surface area is 225 Å². The lowest BCUT2D eigenvalue weighted by Crippen LogP contribution is -2.61. The summed E-state index contributed by atoms with van der Waals surface area (Å²) in [7, 11) is 0. The summed E-state index contributed by atoms with van der Waals surface area (Å²) >= 11 is 5.39. The van der Waals surface area contributed by atoms with E-state index in [0.717, 1.165) is 5.01 Å². The van der Waals surface area contributed by atoms with Crippen LogP contribution in [0.25, 0.3) is 0 Å². The molecule has 0 aromatic carbocycles. The number of halogens is 3. The molecule has 5 amide bonds. The Morgan fingerprint density at radius 3 is 2.45 bits per heavy atom. The van der Waals surface area contributed by atoms with Crippen LogP contribution >= 0.6 is 11.6 Å². The van der Waals surface area contributed by atoms with Crippen LogP contribution in [-0.4, -0.2) is 82.5 Å². The molecule has 4 rings (SSSR count). The van der Waals surface area contributed by atoms with Gasteiger partial charge in [0.25, 0.3) is 23.4 Å². The third kappa shape index (κ3) is 5.20. The van der Waals surface area contributed by atoms with Crippen molar-refractivity contribution in [2.45, 2.75) is 76.8 Å². The number of carbonyl (C=O) groups excluding carboxylic acids is 5. The van der Waals surface area contributed by atoms with Gasteiger partial charge in [0.1, 0.15) is 12.1 Å². The topological polar surface area (TPSA) is 128 Å². The summed E-state index contributed by atoms with van der Waals surface area (Å²) in [6, 6.07) is -2.04. The number of carbonyl (C=O) groups is 5. The van der Waals surface area contributed by atoms with Crippen molar-refractivity contribution >= 4 is 41.1 Å². The highest BCUT2D eigenvalue weighted by Gasteiger charge is 2.70. The van der Waals surface area contributed by atoms with E-state index in [0.29, 0.717) is 19.4 Å². The monoisotopic (exact) mass is 559 g/mol. The average Bonchev–Trinajstić information content (AvgIpc) is 3.54. The van der Waals surface area contributed by atoms with Crippen LogP contribution in [0.15, 0.2) is 0 Å². The molecule has 7 atom stereocenters. The van der Waals surface area contributed by atoms with E-state index in [1.807, 2.05) is 20.8 Å². The largest absolute Gasteiger partial charge is 0.356 e. The zero-order chi connectivity index (χ0) is 28.2. The third-order valence-corrected chi connectivity index (χ3v) is 9.07. The Kier molecular flexibility index (Phi) is 7.68. The van der Waals surface area contributed by atoms with Crippen molar-refractivity contribution < 1.29 is 32.8 Å². The van der Waals surface area contributed by atoms with Crippen LogP contribution in [0.1, 0.15) is 53.4 Å². The average molecular weight is 560 g/mol. The number of hydrazine groups is 1. The van der Waals surface area contributed by atoms with Gasteiger partial charge in [0.05, 0.1) is 12.5 Å². The van der Waals surface area contributed by atoms with Gasteiger partial charge in [-0.05, 0) is 42.4 Å². The van der Waals surface area contributed by atoms with Crippen LogP contribution in [0.3, 0.4) is 0 Å². The highest BCUT2D eigenvalue weighted by molar-refractivity contribution is 6.29. The first-order valence-corrected chi connectivity index (χ1v) is 13.6. The van der Waals surface area contributed by atoms with E-state index < -0.39 is 52.9 Å². The lowest BCUT2D eigenvalue weighted by molar-refractivity contribution is -0.151. The fourth-order valence-electron chi connectivity index (χ4n) is 5.83. The van der Waals surface area contributed by atoms with Crippen molar-refractivity contribution in [2.24, 2.45) is 29.1 Å². The molecule has 2 aliphatic carbocycles. The number of amides is 5. The van der Waals surface area contributed by atoms with Crippen LogP contribution in [0, 0.1) is 29.1 Å². The van der Waals surface area contributed by atoms with Gasteiger partial charge in [-0.2, -0.15) is 0 Å². The molecule has 0 bridgehead atoms. The summed E-state index contributed by atoms with van der Waals surface area (Å²) in [6.45, 7) is 7.93. The van der Waals surface area contributed by atoms with Crippen LogP contribution in [-0.2, 0) is 24.0 Å². The lowest BCUT2D eigenvalue weighted by Gasteiger charge is -2.36. The van der Waals surface area contributed by atoms with Crippen LogP contribution < -0.4 is 16.1 Å². The zero-order valence-electron chi connectivity index (χ0n) is 22.1. The normalized spacial score (nSPS) is 30.4. The summed E-state index contributed by atoms with van der Waals surface area (Å²) in [5.41, 5.74) is -2.24. The quantitative estimate of drug-likeness (QED) is 0.287. The second-order valence-corrected chi connectivity index (χ2v) is 12.1. The molecule has 0 radical (unpaired) electrons. The molecule has 0 aromatic rings. The summed E-state index contributed by atoms with van der Waals surface area (Å²) in [6.07, 6.45) is 1.13. The maximum atomic E-state index is 14.4. The Morgan fingerprint density at radius 1 is 1.26 bits per heavy atom. The molecule has 2 saturated carbocycles. The standard InChI is InChI=1S/C25H36ClF2N5O5/c1-5-12(2)16(30-23(38)25(28)7-8-25)21(36)32-11-14-15(24(14,3)4)17(32)20(35)31-33(22(37)18(26)27)10-13-6-9-29-19(13)34/h12-18H,5-11H2,1-4H3,(H,29,34)(H,30,38)(H,31,35)/t12-,13+,14+,15+,16+,17+,18+/m1/s1. The molecular formula is C25H36ClF2N5O5. The molecule has 0 unspecified atom stereocenters. The van der Waals surface area contributed by atoms with Gasteiger partial charge in [-0.25, -0.2) is 13.8 Å². The number of hydrogen-bond donors (Lipinski definition) is 3. The van der Waals surface area contributed by atoms with E-state index in [1.54, 1.807) is 6.92 Å². The van der Waals surface area contributed by atoms with Crippen LogP contribution in [0.5, 0.6) is 0 Å². The number of nitrogens with zero attached hydrogens (tertiary/aromatic N) is 2. The van der Waals surface area contributed by atoms with Gasteiger partial charge in [-0.1, -0.05) is 45.7 Å². The second-order valence-electron chi connectivity index (χ2n) is 11.7. The Hall–Kier alpha value is -2.50. The van der Waals surface area contributed by atoms with Crippen molar-refractivity contribution in [1.29, 1.82) is 0 Å². The van der Waals surface area contributed by atoms with Crippen LogP contribution in [0.2, 0.25) is 0 Å². The number of likely N-dealkylation sites (tertiary alicyclic amines) is 1.